The van der Waals surface area contributed by atoms with E-state index in [-0.39, 0.29) is 11.9 Å². The number of hydrogen-bond donors (Lipinski definition) is 1. The van der Waals surface area contributed by atoms with E-state index in [1.807, 2.05) is 64.5 Å². The van der Waals surface area contributed by atoms with E-state index in [4.69, 9.17) is 4.98 Å². The summed E-state index contributed by atoms with van der Waals surface area (Å²) in [6.45, 7) is 6.07. The Balaban J connectivity index is 1.73. The molecule has 4 rings (SSSR count). The van der Waals surface area contributed by atoms with Gasteiger partial charge in [-0.1, -0.05) is 12.1 Å². The van der Waals surface area contributed by atoms with Crippen LogP contribution < -0.4 is 5.32 Å². The van der Waals surface area contributed by atoms with E-state index in [9.17, 15) is 4.79 Å². The summed E-state index contributed by atoms with van der Waals surface area (Å²) in [5, 5.41) is 8.28. The highest BCUT2D eigenvalue weighted by atomic mass is 16.1. The van der Waals surface area contributed by atoms with Gasteiger partial charge in [0.25, 0.3) is 5.91 Å². The summed E-state index contributed by atoms with van der Waals surface area (Å²) in [7, 11) is 1.87. The highest BCUT2D eigenvalue weighted by molar-refractivity contribution is 6.08. The first-order valence-corrected chi connectivity index (χ1v) is 10.0. The maximum Gasteiger partial charge on any atom is 0.252 e. The number of aromatic nitrogens is 4. The van der Waals surface area contributed by atoms with Gasteiger partial charge in [0.15, 0.2) is 0 Å². The zero-order valence-corrected chi connectivity index (χ0v) is 17.7. The summed E-state index contributed by atoms with van der Waals surface area (Å²) in [6.07, 6.45) is 7.97. The standard InChI is InChI=1S/C24H25N5O/c1-15-8-16(2)23-20(24(30)27-17(3)10-18-6-5-7-25-12-18)11-21(28-22(23)9-15)19-13-26-29(4)14-19/h5-9,11-14,17H,10H2,1-4H3,(H,27,30). The van der Waals surface area contributed by atoms with Gasteiger partial charge in [0.1, 0.15) is 0 Å². The molecule has 6 nitrogen and oxygen atoms in total. The van der Waals surface area contributed by atoms with Gasteiger partial charge < -0.3 is 5.32 Å². The van der Waals surface area contributed by atoms with E-state index in [2.05, 4.69) is 21.5 Å². The number of hydrogen-bond acceptors (Lipinski definition) is 4. The fourth-order valence-corrected chi connectivity index (χ4v) is 3.86. The van der Waals surface area contributed by atoms with Crippen molar-refractivity contribution < 1.29 is 4.79 Å². The van der Waals surface area contributed by atoms with Crippen molar-refractivity contribution in [3.8, 4) is 11.3 Å². The fraction of sp³-hybridized carbons (Fsp3) is 0.250. The number of carbonyl (C=O) groups excluding carboxylic acids is 1. The van der Waals surface area contributed by atoms with Crippen LogP contribution in [0.2, 0.25) is 0 Å². The molecule has 152 valence electrons. The minimum atomic E-state index is -0.101. The van der Waals surface area contributed by atoms with Gasteiger partial charge >= 0.3 is 0 Å². The minimum Gasteiger partial charge on any atom is -0.349 e. The van der Waals surface area contributed by atoms with Gasteiger partial charge in [0, 0.05) is 42.6 Å². The monoisotopic (exact) mass is 399 g/mol. The molecule has 1 aromatic carbocycles. The Morgan fingerprint density at radius 2 is 2.03 bits per heavy atom. The van der Waals surface area contributed by atoms with Gasteiger partial charge in [-0.3, -0.25) is 14.5 Å². The van der Waals surface area contributed by atoms with E-state index < -0.39 is 0 Å². The number of aryl methyl sites for hydroxylation is 3. The molecule has 0 aliphatic heterocycles. The van der Waals surface area contributed by atoms with Gasteiger partial charge in [-0.05, 0) is 62.1 Å². The summed E-state index contributed by atoms with van der Waals surface area (Å²) in [5.74, 6) is -0.101. The third kappa shape index (κ3) is 4.08. The van der Waals surface area contributed by atoms with Crippen molar-refractivity contribution in [2.45, 2.75) is 33.2 Å². The molecule has 0 spiro atoms. The zero-order valence-electron chi connectivity index (χ0n) is 17.7. The molecule has 6 heteroatoms. The molecular weight excluding hydrogens is 374 g/mol. The SMILES string of the molecule is Cc1cc(C)c2c(C(=O)NC(C)Cc3cccnc3)cc(-c3cnn(C)c3)nc2c1. The maximum atomic E-state index is 13.3. The largest absolute Gasteiger partial charge is 0.349 e. The third-order valence-corrected chi connectivity index (χ3v) is 5.14. The molecule has 0 saturated heterocycles. The summed E-state index contributed by atoms with van der Waals surface area (Å²) in [6, 6.07) is 9.88. The number of fused-ring (bicyclic) bond motifs is 1. The second-order valence-electron chi connectivity index (χ2n) is 7.87. The molecule has 1 unspecified atom stereocenters. The van der Waals surface area contributed by atoms with Crippen molar-refractivity contribution in [2.75, 3.05) is 0 Å². The van der Waals surface area contributed by atoms with E-state index in [1.165, 1.54) is 0 Å². The average Bonchev–Trinajstić information content (AvgIpc) is 3.13. The lowest BCUT2D eigenvalue weighted by molar-refractivity contribution is 0.0941. The normalized spacial score (nSPS) is 12.1. The van der Waals surface area contributed by atoms with Crippen LogP contribution in [0.25, 0.3) is 22.2 Å². The van der Waals surface area contributed by atoms with Crippen LogP contribution in [0.15, 0.2) is 55.1 Å². The molecule has 1 amide bonds. The molecule has 0 bridgehead atoms. The van der Waals surface area contributed by atoms with Crippen LogP contribution >= 0.6 is 0 Å². The van der Waals surface area contributed by atoms with E-state index >= 15 is 0 Å². The van der Waals surface area contributed by atoms with Gasteiger partial charge in [0.2, 0.25) is 0 Å². The van der Waals surface area contributed by atoms with Gasteiger partial charge in [-0.15, -0.1) is 0 Å². The highest BCUT2D eigenvalue weighted by Crippen LogP contribution is 2.28. The Labute approximate surface area is 176 Å². The van der Waals surface area contributed by atoms with Gasteiger partial charge in [-0.2, -0.15) is 5.10 Å². The second kappa shape index (κ2) is 8.06. The maximum absolute atomic E-state index is 13.3. The molecular formula is C24H25N5O. The lowest BCUT2D eigenvalue weighted by Gasteiger charge is -2.16. The predicted molar refractivity (Wildman–Crippen MR) is 118 cm³/mol. The smallest absolute Gasteiger partial charge is 0.252 e. The lowest BCUT2D eigenvalue weighted by atomic mass is 9.98. The lowest BCUT2D eigenvalue weighted by Crippen LogP contribution is -2.34. The first-order chi connectivity index (χ1) is 14.4. The van der Waals surface area contributed by atoms with Gasteiger partial charge in [-0.25, -0.2) is 4.98 Å². The molecule has 3 aromatic heterocycles. The van der Waals surface area contributed by atoms with Gasteiger partial charge in [0.05, 0.1) is 23.0 Å². The number of nitrogens with one attached hydrogen (secondary N) is 1. The Kier molecular flexibility index (Phi) is 5.31. The van der Waals surface area contributed by atoms with Crippen LogP contribution in [0, 0.1) is 13.8 Å². The molecule has 0 aliphatic carbocycles. The van der Waals surface area contributed by atoms with Crippen LogP contribution in [-0.2, 0) is 13.5 Å². The Morgan fingerprint density at radius 3 is 2.73 bits per heavy atom. The van der Waals surface area contributed by atoms with Crippen molar-refractivity contribution in [3.63, 3.8) is 0 Å². The van der Waals surface area contributed by atoms with Crippen molar-refractivity contribution in [3.05, 3.63) is 77.4 Å². The van der Waals surface area contributed by atoms with Crippen molar-refractivity contribution >= 4 is 16.8 Å². The Hall–Kier alpha value is -3.54. The third-order valence-electron chi connectivity index (χ3n) is 5.14. The van der Waals surface area contributed by atoms with Crippen LogP contribution in [0.3, 0.4) is 0 Å². The topological polar surface area (TPSA) is 72.7 Å². The number of nitrogens with zero attached hydrogens (tertiary/aromatic N) is 4. The predicted octanol–water partition coefficient (Wildman–Crippen LogP) is 4.01. The van der Waals surface area contributed by atoms with Crippen molar-refractivity contribution in [1.29, 1.82) is 0 Å². The Bertz CT molecular complexity index is 1210. The Morgan fingerprint density at radius 1 is 1.20 bits per heavy atom. The highest BCUT2D eigenvalue weighted by Gasteiger charge is 2.18. The first kappa shape index (κ1) is 19.8. The second-order valence-corrected chi connectivity index (χ2v) is 7.87. The number of rotatable bonds is 5. The summed E-state index contributed by atoms with van der Waals surface area (Å²) < 4.78 is 1.73. The van der Waals surface area contributed by atoms with Crippen LogP contribution in [0.1, 0.15) is 34.0 Å². The number of pyridine rings is 2. The summed E-state index contributed by atoms with van der Waals surface area (Å²) in [5.41, 5.74) is 6.33. The molecule has 0 saturated carbocycles. The molecule has 4 aromatic rings. The zero-order chi connectivity index (χ0) is 21.3. The molecule has 1 atom stereocenters. The molecule has 1 N–H and O–H groups in total. The minimum absolute atomic E-state index is 0.0301. The fourth-order valence-electron chi connectivity index (χ4n) is 3.86. The first-order valence-electron chi connectivity index (χ1n) is 10.0. The van der Waals surface area contributed by atoms with Crippen molar-refractivity contribution in [2.24, 2.45) is 7.05 Å². The molecule has 0 radical (unpaired) electrons. The van der Waals surface area contributed by atoms with Crippen molar-refractivity contribution in [1.82, 2.24) is 25.1 Å². The van der Waals surface area contributed by atoms with Crippen LogP contribution in [0.4, 0.5) is 0 Å². The number of benzene rings is 1. The average molecular weight is 399 g/mol. The molecule has 0 aliphatic rings. The number of carbonyl (C=O) groups is 1. The number of amides is 1. The summed E-state index contributed by atoms with van der Waals surface area (Å²) in [4.78, 5) is 22.3. The van der Waals surface area contributed by atoms with E-state index in [1.54, 1.807) is 17.1 Å². The quantitative estimate of drug-likeness (QED) is 0.550. The van der Waals surface area contributed by atoms with E-state index in [0.29, 0.717) is 5.56 Å². The molecule has 30 heavy (non-hydrogen) atoms. The molecule has 3 heterocycles. The van der Waals surface area contributed by atoms with Crippen LogP contribution in [0.5, 0.6) is 0 Å². The van der Waals surface area contributed by atoms with Crippen LogP contribution in [-0.4, -0.2) is 31.7 Å². The molecule has 0 fully saturated rings. The van der Waals surface area contributed by atoms with E-state index in [0.717, 1.165) is 45.3 Å². The summed E-state index contributed by atoms with van der Waals surface area (Å²) >= 11 is 0.